The van der Waals surface area contributed by atoms with Gasteiger partial charge in [0.05, 0.1) is 6.04 Å². The van der Waals surface area contributed by atoms with E-state index in [0.29, 0.717) is 25.2 Å². The largest absolute Gasteiger partial charge is 0.490 e. The summed E-state index contributed by atoms with van der Waals surface area (Å²) in [5.41, 5.74) is 8.54. The van der Waals surface area contributed by atoms with Crippen molar-refractivity contribution in [2.45, 2.75) is 83.1 Å². The van der Waals surface area contributed by atoms with Gasteiger partial charge < -0.3 is 26.6 Å². The Morgan fingerprint density at radius 3 is 2.32 bits per heavy atom. The van der Waals surface area contributed by atoms with Gasteiger partial charge in [0.1, 0.15) is 11.9 Å². The molecule has 1 aliphatic heterocycles. The second kappa shape index (κ2) is 17.2. The average molecular weight is 624 g/mol. The van der Waals surface area contributed by atoms with E-state index in [2.05, 4.69) is 32.7 Å². The van der Waals surface area contributed by atoms with Gasteiger partial charge in [-0.25, -0.2) is 9.78 Å². The summed E-state index contributed by atoms with van der Waals surface area (Å²) in [5, 5.41) is 21.8. The highest BCUT2D eigenvalue weighted by Gasteiger charge is 2.38. The number of aryl methyl sites for hydroxylation is 1. The third kappa shape index (κ3) is 12.2. The number of alkyl halides is 3. The van der Waals surface area contributed by atoms with Gasteiger partial charge in [-0.3, -0.25) is 19.3 Å². The van der Waals surface area contributed by atoms with Crippen LogP contribution < -0.4 is 16.4 Å². The van der Waals surface area contributed by atoms with Gasteiger partial charge in [-0.05, 0) is 75.7 Å². The second-order valence-electron chi connectivity index (χ2n) is 10.6. The number of amides is 2. The van der Waals surface area contributed by atoms with Crippen molar-refractivity contribution in [2.24, 2.45) is 0 Å². The highest BCUT2D eigenvalue weighted by atomic mass is 19.4. The van der Waals surface area contributed by atoms with Crippen LogP contribution in [-0.2, 0) is 25.7 Å². The number of anilines is 1. The average Bonchev–Trinajstić information content (AvgIpc) is 2.96. The van der Waals surface area contributed by atoms with Crippen LogP contribution in [0.5, 0.6) is 0 Å². The van der Waals surface area contributed by atoms with Crippen LogP contribution in [0.4, 0.5) is 19.0 Å². The molecule has 1 saturated heterocycles. The van der Waals surface area contributed by atoms with Gasteiger partial charge in [0, 0.05) is 18.7 Å². The Bertz CT molecular complexity index is 1260. The van der Waals surface area contributed by atoms with E-state index in [-0.39, 0.29) is 30.2 Å². The number of likely N-dealkylation sites (tertiary alicyclic amines) is 1. The van der Waals surface area contributed by atoms with Crippen LogP contribution in [0.15, 0.2) is 42.5 Å². The predicted octanol–water partition coefficient (Wildman–Crippen LogP) is 3.62. The van der Waals surface area contributed by atoms with Crippen LogP contribution in [0.25, 0.3) is 0 Å². The number of carbonyl (C=O) groups excluding carboxylic acids is 2. The van der Waals surface area contributed by atoms with E-state index >= 15 is 0 Å². The molecule has 1 aromatic heterocycles. The van der Waals surface area contributed by atoms with Crippen LogP contribution in [0, 0.1) is 6.92 Å². The normalized spacial score (nSPS) is 17.5. The van der Waals surface area contributed by atoms with Gasteiger partial charge >= 0.3 is 18.1 Å². The number of pyridine rings is 1. The van der Waals surface area contributed by atoms with E-state index in [0.717, 1.165) is 43.6 Å². The number of nitrogens with one attached hydrogen (secondary N) is 2. The number of rotatable bonds is 12. The van der Waals surface area contributed by atoms with Crippen LogP contribution in [0.2, 0.25) is 0 Å². The quantitative estimate of drug-likeness (QED) is 0.221. The van der Waals surface area contributed by atoms with E-state index in [4.69, 9.17) is 20.7 Å². The van der Waals surface area contributed by atoms with Crippen molar-refractivity contribution < 1.29 is 42.6 Å². The van der Waals surface area contributed by atoms with Crippen LogP contribution in [0.1, 0.15) is 68.2 Å². The maximum Gasteiger partial charge on any atom is 0.490 e. The molecule has 2 amide bonds. The number of aliphatic carboxylic acids is 2. The summed E-state index contributed by atoms with van der Waals surface area (Å²) in [6.45, 7) is 5.34. The van der Waals surface area contributed by atoms with E-state index < -0.39 is 24.2 Å². The Hall–Kier alpha value is -4.20. The Morgan fingerprint density at radius 1 is 1.07 bits per heavy atom. The van der Waals surface area contributed by atoms with Gasteiger partial charge in [-0.15, -0.1) is 0 Å². The Kier molecular flexibility index (Phi) is 14.1. The van der Waals surface area contributed by atoms with E-state index in [1.165, 1.54) is 5.56 Å². The number of unbranched alkanes of at least 4 members (excludes halogenated alkanes) is 2. The maximum atomic E-state index is 13.4. The molecule has 2 aromatic rings. The summed E-state index contributed by atoms with van der Waals surface area (Å²) in [6.07, 6.45) is -1.02. The van der Waals surface area contributed by atoms with Gasteiger partial charge in [-0.2, -0.15) is 13.2 Å². The molecule has 1 aliphatic rings. The number of halogens is 3. The molecular weight excluding hydrogens is 583 g/mol. The lowest BCUT2D eigenvalue weighted by molar-refractivity contribution is -0.192. The van der Waals surface area contributed by atoms with Crippen LogP contribution in [-0.4, -0.2) is 75.2 Å². The number of carbonyl (C=O) groups is 4. The first-order valence-corrected chi connectivity index (χ1v) is 14.3. The van der Waals surface area contributed by atoms with Gasteiger partial charge in [0.25, 0.3) is 0 Å². The summed E-state index contributed by atoms with van der Waals surface area (Å²) in [5.74, 6) is -3.26. The molecule has 44 heavy (non-hydrogen) atoms. The highest BCUT2D eigenvalue weighted by molar-refractivity contribution is 5.89. The maximum absolute atomic E-state index is 13.4. The van der Waals surface area contributed by atoms with Gasteiger partial charge in [0.2, 0.25) is 11.8 Å². The monoisotopic (exact) mass is 623 g/mol. The molecule has 11 nitrogen and oxygen atoms in total. The third-order valence-corrected chi connectivity index (χ3v) is 7.29. The Labute approximate surface area is 254 Å². The molecule has 0 radical (unpaired) electrons. The predicted molar refractivity (Wildman–Crippen MR) is 156 cm³/mol. The van der Waals surface area contributed by atoms with Crippen molar-refractivity contribution in [1.82, 2.24) is 20.5 Å². The lowest BCUT2D eigenvalue weighted by Crippen LogP contribution is -2.55. The van der Waals surface area contributed by atoms with Crippen molar-refractivity contribution in [2.75, 3.05) is 18.8 Å². The number of hydrogen-bond donors (Lipinski definition) is 5. The standard InChI is InChI=1S/C28H39N5O4.C2HF3O2/c1-19-23(12-13-25(29)31-19)18-30-27(36)20(2)32-28(37)24-17-22(21-9-5-3-6-10-21)14-16-33(24)15-8-4-7-11-26(34)35;3-2(4,5)1(6)7/h3,5-6,9-10,12-13,20,22,24H,4,7-8,11,14-18H2,1-2H3,(H2,29,31)(H,30,36)(H,32,37)(H,34,35);(H,6,7)/t20-,22-,24+;/m0./s1. The lowest BCUT2D eigenvalue weighted by atomic mass is 9.84. The van der Waals surface area contributed by atoms with E-state index in [9.17, 15) is 27.6 Å². The Balaban J connectivity index is 0.000000860. The van der Waals surface area contributed by atoms with Crippen molar-refractivity contribution >= 4 is 29.6 Å². The molecule has 0 saturated carbocycles. The zero-order chi connectivity index (χ0) is 32.9. The molecule has 242 valence electrons. The minimum Gasteiger partial charge on any atom is -0.481 e. The number of hydrogen-bond acceptors (Lipinski definition) is 7. The number of nitrogens with two attached hydrogens (primary N) is 1. The number of nitrogen functional groups attached to an aromatic ring is 1. The molecule has 0 unspecified atom stereocenters. The molecule has 0 spiro atoms. The molecule has 0 aliphatic carbocycles. The minimum absolute atomic E-state index is 0.154. The van der Waals surface area contributed by atoms with Crippen LogP contribution >= 0.6 is 0 Å². The third-order valence-electron chi connectivity index (χ3n) is 7.29. The van der Waals surface area contributed by atoms with Crippen molar-refractivity contribution in [3.8, 4) is 0 Å². The first-order chi connectivity index (χ1) is 20.7. The molecule has 2 heterocycles. The number of aromatic nitrogens is 1. The summed E-state index contributed by atoms with van der Waals surface area (Å²) in [6, 6.07) is 12.7. The lowest BCUT2D eigenvalue weighted by Gasteiger charge is -2.39. The summed E-state index contributed by atoms with van der Waals surface area (Å²) in [4.78, 5) is 52.2. The minimum atomic E-state index is -5.08. The molecular formula is C30H40F3N5O6. The van der Waals surface area contributed by atoms with Crippen molar-refractivity contribution in [3.05, 3.63) is 59.3 Å². The first kappa shape index (κ1) is 36.0. The topological polar surface area (TPSA) is 175 Å². The van der Waals surface area contributed by atoms with Gasteiger partial charge in [0.15, 0.2) is 0 Å². The summed E-state index contributed by atoms with van der Waals surface area (Å²) >= 11 is 0. The fourth-order valence-electron chi connectivity index (χ4n) is 4.86. The smallest absolute Gasteiger partial charge is 0.481 e. The number of carboxylic acids is 2. The molecule has 3 rings (SSSR count). The number of nitrogens with zero attached hydrogens (tertiary/aromatic N) is 2. The molecule has 6 N–H and O–H groups in total. The first-order valence-electron chi connectivity index (χ1n) is 14.3. The number of carboxylic acid groups (broad SMARTS) is 2. The van der Waals surface area contributed by atoms with E-state index in [1.807, 2.05) is 31.2 Å². The SMILES string of the molecule is Cc1nc(N)ccc1CNC(=O)[C@H](C)NC(=O)[C@H]1C[C@@H](c2ccccc2)CCN1CCCCCC(=O)O.O=C(O)C(F)(F)F. The fraction of sp³-hybridized carbons (Fsp3) is 0.500. The zero-order valence-electron chi connectivity index (χ0n) is 24.8. The summed E-state index contributed by atoms with van der Waals surface area (Å²) in [7, 11) is 0. The fourth-order valence-corrected chi connectivity index (χ4v) is 4.86. The van der Waals surface area contributed by atoms with Crippen LogP contribution in [0.3, 0.4) is 0 Å². The molecule has 3 atom stereocenters. The zero-order valence-corrected chi connectivity index (χ0v) is 24.8. The molecule has 14 heteroatoms. The molecule has 1 fully saturated rings. The molecule has 1 aromatic carbocycles. The molecule has 0 bridgehead atoms. The van der Waals surface area contributed by atoms with Crippen molar-refractivity contribution in [1.29, 1.82) is 0 Å². The van der Waals surface area contributed by atoms with Gasteiger partial charge in [-0.1, -0.05) is 42.8 Å². The van der Waals surface area contributed by atoms with Crippen molar-refractivity contribution in [3.63, 3.8) is 0 Å². The number of piperidine rings is 1. The second-order valence-corrected chi connectivity index (χ2v) is 10.6. The summed E-state index contributed by atoms with van der Waals surface area (Å²) < 4.78 is 31.7. The van der Waals surface area contributed by atoms with E-state index in [1.54, 1.807) is 13.0 Å². The number of benzene rings is 1. The highest BCUT2D eigenvalue weighted by Crippen LogP contribution is 2.32. The Morgan fingerprint density at radius 2 is 1.73 bits per heavy atom.